The topological polar surface area (TPSA) is 104 Å². The lowest BCUT2D eigenvalue weighted by Gasteiger charge is -2.36. The molecule has 0 aromatic heterocycles. The summed E-state index contributed by atoms with van der Waals surface area (Å²) in [5, 5.41) is 22.6. The smallest absolute Gasteiger partial charge is 0.255 e. The van der Waals surface area contributed by atoms with Crippen LogP contribution in [0.4, 0.5) is 0 Å². The molecule has 0 bridgehead atoms. The van der Waals surface area contributed by atoms with Crippen LogP contribution in [0.5, 0.6) is 11.5 Å². The van der Waals surface area contributed by atoms with Gasteiger partial charge in [-0.05, 0) is 50.0 Å². The Balaban J connectivity index is 1.57. The van der Waals surface area contributed by atoms with E-state index >= 15 is 0 Å². The Morgan fingerprint density at radius 2 is 2.19 bits per heavy atom. The number of methoxy groups -OCH3 is 1. The minimum Gasteiger partial charge on any atom is -0.490 e. The van der Waals surface area contributed by atoms with E-state index < -0.39 is 6.10 Å². The average Bonchev–Trinajstić information content (AvgIpc) is 3.01. The Morgan fingerprint density at radius 1 is 1.35 bits per heavy atom. The normalized spacial score (nSPS) is 21.2. The minimum absolute atomic E-state index is 0.0113. The highest BCUT2D eigenvalue weighted by Crippen LogP contribution is 2.35. The van der Waals surface area contributed by atoms with Crippen LogP contribution in [0.1, 0.15) is 41.6 Å². The van der Waals surface area contributed by atoms with E-state index in [0.717, 1.165) is 50.9 Å². The molecule has 2 aliphatic rings. The maximum atomic E-state index is 13.0. The van der Waals surface area contributed by atoms with E-state index in [1.807, 2.05) is 0 Å². The number of fused-ring (bicyclic) bond motifs is 1. The van der Waals surface area contributed by atoms with Crippen molar-refractivity contribution < 1.29 is 24.1 Å². The Morgan fingerprint density at radius 3 is 2.97 bits per heavy atom. The summed E-state index contributed by atoms with van der Waals surface area (Å²) in [7, 11) is 1.71. The SMILES string of the molecule is COCCCCN1CC[C@@H](CNC(=O)c2cc(CC#N)cc3c2OCCCO3)[C@H](O)C1. The first kappa shape index (κ1) is 23.3. The van der Waals surface area contributed by atoms with Crippen molar-refractivity contribution >= 4 is 5.91 Å². The summed E-state index contributed by atoms with van der Waals surface area (Å²) in [4.78, 5) is 15.2. The van der Waals surface area contributed by atoms with Crippen molar-refractivity contribution in [2.45, 2.75) is 38.2 Å². The summed E-state index contributed by atoms with van der Waals surface area (Å²) in [6, 6.07) is 5.59. The van der Waals surface area contributed by atoms with Crippen LogP contribution in [0.25, 0.3) is 0 Å². The van der Waals surface area contributed by atoms with E-state index in [0.29, 0.717) is 43.4 Å². The molecule has 1 aromatic carbocycles. The van der Waals surface area contributed by atoms with Crippen molar-refractivity contribution in [3.05, 3.63) is 23.3 Å². The molecule has 0 unspecified atom stereocenters. The Kier molecular flexibility index (Phi) is 8.95. The third kappa shape index (κ3) is 6.57. The van der Waals surface area contributed by atoms with Gasteiger partial charge in [0, 0.05) is 39.1 Å². The number of hydrogen-bond acceptors (Lipinski definition) is 7. The zero-order valence-electron chi connectivity index (χ0n) is 18.3. The number of carbonyl (C=O) groups excluding carboxylic acids is 1. The molecule has 8 nitrogen and oxygen atoms in total. The number of piperidine rings is 1. The third-order valence-corrected chi connectivity index (χ3v) is 5.84. The van der Waals surface area contributed by atoms with Crippen molar-refractivity contribution in [3.8, 4) is 17.6 Å². The van der Waals surface area contributed by atoms with Crippen LogP contribution < -0.4 is 14.8 Å². The summed E-state index contributed by atoms with van der Waals surface area (Å²) >= 11 is 0. The standard InChI is InChI=1S/C23H33N3O5/c1-29-10-3-2-8-26-9-6-18(20(27)16-26)15-25-23(28)19-13-17(5-7-24)14-21-22(19)31-12-4-11-30-21/h13-14,18,20,27H,2-6,8-12,15-16H2,1H3,(H,25,28)/t18-,20+/m0/s1. The number of nitrogens with zero attached hydrogens (tertiary/aromatic N) is 2. The van der Waals surface area contributed by atoms with Crippen molar-refractivity contribution in [2.24, 2.45) is 5.92 Å². The summed E-state index contributed by atoms with van der Waals surface area (Å²) in [6.45, 7) is 4.64. The van der Waals surface area contributed by atoms with Gasteiger partial charge in [-0.3, -0.25) is 4.79 Å². The van der Waals surface area contributed by atoms with Crippen LogP contribution in [0, 0.1) is 17.2 Å². The molecule has 31 heavy (non-hydrogen) atoms. The molecule has 1 saturated heterocycles. The van der Waals surface area contributed by atoms with E-state index in [1.165, 1.54) is 0 Å². The lowest BCUT2D eigenvalue weighted by molar-refractivity contribution is 0.0209. The van der Waals surface area contributed by atoms with Gasteiger partial charge in [-0.15, -0.1) is 0 Å². The highest BCUT2D eigenvalue weighted by Gasteiger charge is 2.28. The van der Waals surface area contributed by atoms with Crippen LogP contribution >= 0.6 is 0 Å². The summed E-state index contributed by atoms with van der Waals surface area (Å²) < 4.78 is 16.6. The van der Waals surface area contributed by atoms with Crippen LogP contribution in [0.15, 0.2) is 12.1 Å². The molecule has 170 valence electrons. The van der Waals surface area contributed by atoms with Gasteiger partial charge >= 0.3 is 0 Å². The van der Waals surface area contributed by atoms with Crippen molar-refractivity contribution in [1.82, 2.24) is 10.2 Å². The van der Waals surface area contributed by atoms with Gasteiger partial charge in [-0.25, -0.2) is 0 Å². The minimum atomic E-state index is -0.474. The van der Waals surface area contributed by atoms with Crippen LogP contribution in [-0.4, -0.2) is 75.1 Å². The van der Waals surface area contributed by atoms with Gasteiger partial charge in [-0.1, -0.05) is 0 Å². The lowest BCUT2D eigenvalue weighted by atomic mass is 9.93. The molecule has 0 aliphatic carbocycles. The Hall–Kier alpha value is -2.34. The number of unbranched alkanes of at least 4 members (excludes halogenated alkanes) is 1. The molecule has 2 atom stereocenters. The van der Waals surface area contributed by atoms with E-state index in [-0.39, 0.29) is 18.2 Å². The fourth-order valence-corrected chi connectivity index (χ4v) is 4.08. The fourth-order valence-electron chi connectivity index (χ4n) is 4.08. The second kappa shape index (κ2) is 11.9. The first-order chi connectivity index (χ1) is 15.1. The molecule has 0 saturated carbocycles. The maximum Gasteiger partial charge on any atom is 0.255 e. The van der Waals surface area contributed by atoms with E-state index in [1.54, 1.807) is 19.2 Å². The highest BCUT2D eigenvalue weighted by atomic mass is 16.5. The van der Waals surface area contributed by atoms with Gasteiger partial charge in [0.2, 0.25) is 0 Å². The quantitative estimate of drug-likeness (QED) is 0.574. The molecule has 0 radical (unpaired) electrons. The molecule has 1 fully saturated rings. The van der Waals surface area contributed by atoms with Gasteiger partial charge < -0.3 is 29.5 Å². The first-order valence-electron chi connectivity index (χ1n) is 11.1. The van der Waals surface area contributed by atoms with E-state index in [9.17, 15) is 9.90 Å². The predicted octanol–water partition coefficient (Wildman–Crippen LogP) is 1.75. The molecule has 0 spiro atoms. The number of amides is 1. The highest BCUT2D eigenvalue weighted by molar-refractivity contribution is 5.98. The van der Waals surface area contributed by atoms with Crippen LogP contribution in [-0.2, 0) is 11.2 Å². The second-order valence-corrected chi connectivity index (χ2v) is 8.18. The largest absolute Gasteiger partial charge is 0.490 e. The number of hydrogen-bond donors (Lipinski definition) is 2. The molecule has 1 aromatic rings. The number of benzene rings is 1. The van der Waals surface area contributed by atoms with E-state index in [2.05, 4.69) is 16.3 Å². The summed E-state index contributed by atoms with van der Waals surface area (Å²) in [5.74, 6) is 0.688. The number of ether oxygens (including phenoxy) is 3. The summed E-state index contributed by atoms with van der Waals surface area (Å²) in [5.41, 5.74) is 1.11. The number of carbonyl (C=O) groups is 1. The Labute approximate surface area is 184 Å². The van der Waals surface area contributed by atoms with Gasteiger partial charge in [0.1, 0.15) is 0 Å². The third-order valence-electron chi connectivity index (χ3n) is 5.84. The monoisotopic (exact) mass is 431 g/mol. The molecular formula is C23H33N3O5. The molecule has 2 aliphatic heterocycles. The predicted molar refractivity (Wildman–Crippen MR) is 115 cm³/mol. The van der Waals surface area contributed by atoms with Crippen LogP contribution in [0.2, 0.25) is 0 Å². The average molecular weight is 432 g/mol. The summed E-state index contributed by atoms with van der Waals surface area (Å²) in [6.07, 6.45) is 3.35. The lowest BCUT2D eigenvalue weighted by Crippen LogP contribution is -2.47. The van der Waals surface area contributed by atoms with Gasteiger partial charge in [-0.2, -0.15) is 5.26 Å². The van der Waals surface area contributed by atoms with Crippen LogP contribution in [0.3, 0.4) is 0 Å². The Bertz CT molecular complexity index is 779. The zero-order valence-corrected chi connectivity index (χ0v) is 18.3. The molecule has 2 heterocycles. The molecule has 1 amide bonds. The first-order valence-corrected chi connectivity index (χ1v) is 11.1. The fraction of sp³-hybridized carbons (Fsp3) is 0.652. The molecule has 3 rings (SSSR count). The maximum absolute atomic E-state index is 13.0. The van der Waals surface area contributed by atoms with E-state index in [4.69, 9.17) is 19.5 Å². The number of nitrogens with one attached hydrogen (secondary N) is 1. The van der Waals surface area contributed by atoms with Crippen molar-refractivity contribution in [2.75, 3.05) is 53.1 Å². The number of β-amino-alcohol motifs (C(OH)–C–C–N with tert-alkyl or cyclic N) is 1. The van der Waals surface area contributed by atoms with Crippen molar-refractivity contribution in [1.29, 1.82) is 5.26 Å². The number of rotatable bonds is 9. The second-order valence-electron chi connectivity index (χ2n) is 8.18. The number of nitriles is 1. The number of likely N-dealkylation sites (tertiary alicyclic amines) is 1. The van der Waals surface area contributed by atoms with Gasteiger partial charge in [0.05, 0.1) is 37.4 Å². The van der Waals surface area contributed by atoms with Crippen molar-refractivity contribution in [3.63, 3.8) is 0 Å². The zero-order chi connectivity index (χ0) is 22.1. The number of aliphatic hydroxyl groups is 1. The molecular weight excluding hydrogens is 398 g/mol. The van der Waals surface area contributed by atoms with Gasteiger partial charge in [0.15, 0.2) is 11.5 Å². The molecule has 8 heteroatoms. The van der Waals surface area contributed by atoms with Gasteiger partial charge in [0.25, 0.3) is 5.91 Å². The number of aliphatic hydroxyl groups excluding tert-OH is 1. The molecule has 2 N–H and O–H groups in total.